The molecule has 0 spiro atoms. The van der Waals surface area contributed by atoms with Crippen LogP contribution in [0.4, 0.5) is 34.1 Å². The zero-order valence-electron chi connectivity index (χ0n) is 47.1. The third kappa shape index (κ3) is 10.3. The fourth-order valence-electron chi connectivity index (χ4n) is 11.4. The average molecular weight is 1040 g/mol. The molecule has 0 radical (unpaired) electrons. The zero-order chi connectivity index (χ0) is 54.9. The Hall–Kier alpha value is -7.91. The molecule has 2 nitrogen and oxygen atoms in total. The second-order valence-corrected chi connectivity index (χ2v) is 24.0. The molecule has 0 aliphatic rings. The molecular formula is C75H73ClN2. The molecule has 390 valence electrons. The highest BCUT2D eigenvalue weighted by molar-refractivity contribution is 6.36. The minimum absolute atomic E-state index is 0.224. The number of hydrogen-bond acceptors (Lipinski definition) is 2. The monoisotopic (exact) mass is 1040 g/mol. The lowest BCUT2D eigenvalue weighted by Gasteiger charge is -2.35. The summed E-state index contributed by atoms with van der Waals surface area (Å²) >= 11 is 8.32. The number of anilines is 6. The van der Waals surface area contributed by atoms with E-state index in [9.17, 15) is 0 Å². The Morgan fingerprint density at radius 3 is 0.577 bits per heavy atom. The maximum Gasteiger partial charge on any atom is 0.0887 e. The van der Waals surface area contributed by atoms with Crippen molar-refractivity contribution in [3.63, 3.8) is 0 Å². The van der Waals surface area contributed by atoms with Gasteiger partial charge in [-0.25, -0.2) is 0 Å². The number of hydrogen-bond donors (Lipinski definition) is 0. The molecule has 0 heterocycles. The lowest BCUT2D eigenvalue weighted by Crippen LogP contribution is -2.23. The molecule has 0 saturated carbocycles. The lowest BCUT2D eigenvalue weighted by atomic mass is 9.77. The second kappa shape index (κ2) is 21.5. The van der Waals surface area contributed by atoms with Crippen molar-refractivity contribution in [3.8, 4) is 0 Å². The molecule has 0 bridgehead atoms. The van der Waals surface area contributed by atoms with Crippen molar-refractivity contribution in [1.29, 1.82) is 0 Å². The number of nitrogens with zero attached hydrogens (tertiary/aromatic N) is 2. The van der Waals surface area contributed by atoms with E-state index >= 15 is 0 Å². The van der Waals surface area contributed by atoms with Crippen LogP contribution in [0.1, 0.15) is 125 Å². The van der Waals surface area contributed by atoms with E-state index in [-0.39, 0.29) is 21.7 Å². The van der Waals surface area contributed by atoms with Crippen LogP contribution in [0.5, 0.6) is 0 Å². The number of rotatable bonds is 16. The van der Waals surface area contributed by atoms with Gasteiger partial charge in [-0.15, -0.1) is 0 Å². The summed E-state index contributed by atoms with van der Waals surface area (Å²) < 4.78 is 0. The largest absolute Gasteiger partial charge is 0.309 e. The van der Waals surface area contributed by atoms with E-state index in [2.05, 4.69) is 340 Å². The second-order valence-electron chi connectivity index (χ2n) is 23.6. The van der Waals surface area contributed by atoms with E-state index in [1.54, 1.807) is 0 Å². The molecule has 0 atom stereocenters. The lowest BCUT2D eigenvalue weighted by molar-refractivity contribution is 0.640. The van der Waals surface area contributed by atoms with Crippen LogP contribution in [-0.2, 0) is 27.1 Å². The van der Waals surface area contributed by atoms with Gasteiger partial charge in [-0.1, -0.05) is 281 Å². The first kappa shape index (κ1) is 53.5. The smallest absolute Gasteiger partial charge is 0.0887 e. The van der Waals surface area contributed by atoms with Gasteiger partial charge in [0.1, 0.15) is 0 Å². The molecule has 3 heteroatoms. The Balaban J connectivity index is 1.20. The molecule has 10 rings (SSSR count). The van der Waals surface area contributed by atoms with Crippen LogP contribution in [-0.4, -0.2) is 0 Å². The van der Waals surface area contributed by atoms with Gasteiger partial charge in [0.2, 0.25) is 0 Å². The maximum atomic E-state index is 8.32. The van der Waals surface area contributed by atoms with Crippen molar-refractivity contribution >= 4 is 45.7 Å². The first-order valence-electron chi connectivity index (χ1n) is 27.5. The van der Waals surface area contributed by atoms with Crippen LogP contribution >= 0.6 is 11.6 Å². The minimum atomic E-state index is -0.438. The number of halogens is 1. The van der Waals surface area contributed by atoms with Gasteiger partial charge in [-0.2, -0.15) is 0 Å². The van der Waals surface area contributed by atoms with E-state index < -0.39 is 5.41 Å². The van der Waals surface area contributed by atoms with Crippen LogP contribution in [0.25, 0.3) is 0 Å². The van der Waals surface area contributed by atoms with Gasteiger partial charge in [0.25, 0.3) is 0 Å². The predicted octanol–water partition coefficient (Wildman–Crippen LogP) is 20.9. The van der Waals surface area contributed by atoms with Crippen LogP contribution in [0, 0.1) is 0 Å². The standard InChI is InChI=1S/C75H73ClN2/c1-71(2,54-26-16-11-17-27-54)59-36-44-64(45-37-59)77(65-46-38-60(39-47-65)72(3,4)55-28-18-12-19-29-55)68-52-63(75(9,10)58-34-24-15-25-35-58)53-69(70(68)76)78(66-48-40-61(41-49-66)73(5,6)56-30-20-13-21-31-56)67-50-42-62(43-51-67)74(7,8)57-32-22-14-23-33-57/h11-53H,1-10H3. The number of benzene rings is 10. The Labute approximate surface area is 470 Å². The zero-order valence-corrected chi connectivity index (χ0v) is 47.9. The third-order valence-corrected chi connectivity index (χ3v) is 17.5. The normalized spacial score (nSPS) is 12.3. The van der Waals surface area contributed by atoms with E-state index in [0.717, 1.165) is 39.7 Å². The van der Waals surface area contributed by atoms with E-state index in [1.807, 2.05) is 0 Å². The first-order chi connectivity index (χ1) is 37.4. The summed E-state index contributed by atoms with van der Waals surface area (Å²) in [7, 11) is 0. The van der Waals surface area contributed by atoms with Gasteiger partial charge in [0.05, 0.1) is 16.4 Å². The molecule has 10 aromatic carbocycles. The Morgan fingerprint density at radius 2 is 0.385 bits per heavy atom. The molecule has 0 N–H and O–H groups in total. The minimum Gasteiger partial charge on any atom is -0.309 e. The summed E-state index contributed by atoms with van der Waals surface area (Å²) in [5, 5.41) is 0.632. The van der Waals surface area contributed by atoms with Crippen molar-refractivity contribution in [2.24, 2.45) is 0 Å². The highest BCUT2D eigenvalue weighted by Crippen LogP contribution is 2.51. The van der Waals surface area contributed by atoms with Gasteiger partial charge in [-0.3, -0.25) is 0 Å². The Bertz CT molecular complexity index is 3180. The topological polar surface area (TPSA) is 6.48 Å². The van der Waals surface area contributed by atoms with Crippen LogP contribution in [0.3, 0.4) is 0 Å². The fraction of sp³-hybridized carbons (Fsp3) is 0.200. The summed E-state index contributed by atoms with van der Waals surface area (Å²) in [6.07, 6.45) is 0. The predicted molar refractivity (Wildman–Crippen MR) is 334 cm³/mol. The van der Waals surface area contributed by atoms with Gasteiger partial charge in [0, 0.05) is 49.8 Å². The molecule has 78 heavy (non-hydrogen) atoms. The Morgan fingerprint density at radius 1 is 0.218 bits per heavy atom. The average Bonchev–Trinajstić information content (AvgIpc) is 3.60. The van der Waals surface area contributed by atoms with Crippen molar-refractivity contribution in [2.75, 3.05) is 9.80 Å². The van der Waals surface area contributed by atoms with Crippen molar-refractivity contribution in [3.05, 3.63) is 322 Å². The summed E-state index contributed by atoms with van der Waals surface area (Å²) in [4.78, 5) is 4.73. The van der Waals surface area contributed by atoms with Gasteiger partial charge in [-0.05, 0) is 116 Å². The van der Waals surface area contributed by atoms with Gasteiger partial charge >= 0.3 is 0 Å². The molecule has 0 saturated heterocycles. The van der Waals surface area contributed by atoms with Crippen LogP contribution < -0.4 is 9.80 Å². The summed E-state index contributed by atoms with van der Waals surface area (Å²) in [5.74, 6) is 0. The summed E-state index contributed by atoms with van der Waals surface area (Å²) in [6.45, 7) is 23.1. The molecule has 0 aliphatic heterocycles. The SMILES string of the molecule is CC(C)(c1ccccc1)c1ccc(N(c2ccc(C(C)(C)c3ccccc3)cc2)c2cc(C(C)(C)c3ccccc3)cc(N(c3ccc(C(C)(C)c4ccccc4)cc3)c3ccc(C(C)(C)c4ccccc4)cc3)c2Cl)cc1. The molecule has 0 unspecified atom stereocenters. The Kier molecular flexibility index (Phi) is 14.7. The first-order valence-corrected chi connectivity index (χ1v) is 27.9. The van der Waals surface area contributed by atoms with Crippen LogP contribution in [0.2, 0.25) is 5.02 Å². The van der Waals surface area contributed by atoms with Crippen molar-refractivity contribution in [2.45, 2.75) is 96.3 Å². The fourth-order valence-corrected chi connectivity index (χ4v) is 11.6. The van der Waals surface area contributed by atoms with Gasteiger partial charge < -0.3 is 9.80 Å². The van der Waals surface area contributed by atoms with Gasteiger partial charge in [0.15, 0.2) is 0 Å². The molecule has 0 aliphatic carbocycles. The van der Waals surface area contributed by atoms with Crippen molar-refractivity contribution in [1.82, 2.24) is 0 Å². The molecule has 10 aromatic rings. The van der Waals surface area contributed by atoms with E-state index in [0.29, 0.717) is 5.02 Å². The highest BCUT2D eigenvalue weighted by Gasteiger charge is 2.33. The van der Waals surface area contributed by atoms with Crippen molar-refractivity contribution < 1.29 is 0 Å². The third-order valence-electron chi connectivity index (χ3n) is 17.1. The summed E-state index contributed by atoms with van der Waals surface area (Å²) in [5.41, 5.74) is 16.8. The van der Waals surface area contributed by atoms with E-state index in [1.165, 1.54) is 50.1 Å². The van der Waals surface area contributed by atoms with E-state index in [4.69, 9.17) is 11.6 Å². The molecule has 0 amide bonds. The highest BCUT2D eigenvalue weighted by atomic mass is 35.5. The summed E-state index contributed by atoms with van der Waals surface area (Å²) in [6, 6.07) is 95.1. The molecule has 0 aromatic heterocycles. The quantitative estimate of drug-likeness (QED) is 0.0952. The van der Waals surface area contributed by atoms with Crippen LogP contribution in [0.15, 0.2) is 261 Å². The maximum absolute atomic E-state index is 8.32. The molecular weight excluding hydrogens is 964 g/mol. The molecule has 0 fully saturated rings.